The van der Waals surface area contributed by atoms with Crippen molar-refractivity contribution < 1.29 is 14.3 Å². The second-order valence-electron chi connectivity index (χ2n) is 4.99. The highest BCUT2D eigenvalue weighted by Crippen LogP contribution is 2.16. The summed E-state index contributed by atoms with van der Waals surface area (Å²) in [6, 6.07) is 10.2. The number of esters is 1. The standard InChI is InChI=1S/C17H24O3/c1-14(15(2)12-17(18)19-3)8-7-11-20-13-16-9-5-4-6-10-16/h4-6,9-10,12,14H,7-8,11,13H2,1-3H3/b15-12+. The number of benzene rings is 1. The maximum atomic E-state index is 11.1. The maximum Gasteiger partial charge on any atom is 0.330 e. The van der Waals surface area contributed by atoms with Crippen LogP contribution in [0, 0.1) is 5.92 Å². The molecular weight excluding hydrogens is 252 g/mol. The molecule has 20 heavy (non-hydrogen) atoms. The van der Waals surface area contributed by atoms with Crippen LogP contribution < -0.4 is 0 Å². The van der Waals surface area contributed by atoms with E-state index in [2.05, 4.69) is 23.8 Å². The quantitative estimate of drug-likeness (QED) is 0.412. The topological polar surface area (TPSA) is 35.5 Å². The molecule has 1 aromatic rings. The summed E-state index contributed by atoms with van der Waals surface area (Å²) in [5.41, 5.74) is 2.25. The Balaban J connectivity index is 2.17. The third kappa shape index (κ3) is 6.53. The Morgan fingerprint density at radius 3 is 2.65 bits per heavy atom. The van der Waals surface area contributed by atoms with Gasteiger partial charge in [-0.3, -0.25) is 0 Å². The van der Waals surface area contributed by atoms with E-state index in [1.165, 1.54) is 12.7 Å². The molecule has 1 unspecified atom stereocenters. The minimum atomic E-state index is -0.283. The van der Waals surface area contributed by atoms with Crippen LogP contribution in [0.5, 0.6) is 0 Å². The van der Waals surface area contributed by atoms with Crippen LogP contribution in [0.2, 0.25) is 0 Å². The fourth-order valence-electron chi connectivity index (χ4n) is 1.87. The van der Waals surface area contributed by atoms with Crippen LogP contribution in [0.3, 0.4) is 0 Å². The number of hydrogen-bond donors (Lipinski definition) is 0. The van der Waals surface area contributed by atoms with Crippen LogP contribution in [-0.2, 0) is 20.9 Å². The zero-order valence-electron chi connectivity index (χ0n) is 12.6. The van der Waals surface area contributed by atoms with Gasteiger partial charge in [-0.2, -0.15) is 0 Å². The van der Waals surface area contributed by atoms with Crippen LogP contribution >= 0.6 is 0 Å². The molecule has 110 valence electrons. The number of allylic oxidation sites excluding steroid dienone is 1. The minimum absolute atomic E-state index is 0.283. The lowest BCUT2D eigenvalue weighted by atomic mass is 9.97. The van der Waals surface area contributed by atoms with Crippen molar-refractivity contribution in [1.82, 2.24) is 0 Å². The summed E-state index contributed by atoms with van der Waals surface area (Å²) in [5, 5.41) is 0. The lowest BCUT2D eigenvalue weighted by molar-refractivity contribution is -0.134. The zero-order valence-corrected chi connectivity index (χ0v) is 12.6. The minimum Gasteiger partial charge on any atom is -0.466 e. The van der Waals surface area contributed by atoms with Crippen molar-refractivity contribution in [1.29, 1.82) is 0 Å². The summed E-state index contributed by atoms with van der Waals surface area (Å²) in [6.07, 6.45) is 3.56. The van der Waals surface area contributed by atoms with Gasteiger partial charge in [-0.25, -0.2) is 4.79 Å². The van der Waals surface area contributed by atoms with Gasteiger partial charge >= 0.3 is 5.97 Å². The van der Waals surface area contributed by atoms with Crippen molar-refractivity contribution in [2.45, 2.75) is 33.3 Å². The Hall–Kier alpha value is -1.61. The molecule has 3 heteroatoms. The molecule has 0 aliphatic carbocycles. The average molecular weight is 276 g/mol. The largest absolute Gasteiger partial charge is 0.466 e. The van der Waals surface area contributed by atoms with Crippen LogP contribution in [0.1, 0.15) is 32.3 Å². The van der Waals surface area contributed by atoms with Crippen molar-refractivity contribution >= 4 is 5.97 Å². The van der Waals surface area contributed by atoms with Crippen molar-refractivity contribution in [2.24, 2.45) is 5.92 Å². The Labute approximate surface area is 121 Å². The van der Waals surface area contributed by atoms with Crippen LogP contribution in [-0.4, -0.2) is 19.7 Å². The first kappa shape index (κ1) is 16.4. The Kier molecular flexibility index (Phi) is 7.66. The molecule has 1 aromatic carbocycles. The Morgan fingerprint density at radius 1 is 1.30 bits per heavy atom. The van der Waals surface area contributed by atoms with Crippen molar-refractivity contribution in [3.63, 3.8) is 0 Å². The molecule has 0 aliphatic rings. The third-order valence-electron chi connectivity index (χ3n) is 3.36. The molecule has 0 fully saturated rings. The van der Waals surface area contributed by atoms with E-state index in [4.69, 9.17) is 4.74 Å². The number of ether oxygens (including phenoxy) is 2. The summed E-state index contributed by atoms with van der Waals surface area (Å²) in [7, 11) is 1.40. The molecule has 0 saturated carbocycles. The van der Waals surface area contributed by atoms with Gasteiger partial charge in [0.05, 0.1) is 13.7 Å². The van der Waals surface area contributed by atoms with Crippen molar-refractivity contribution in [3.8, 4) is 0 Å². The van der Waals surface area contributed by atoms with Gasteiger partial charge in [-0.15, -0.1) is 0 Å². The van der Waals surface area contributed by atoms with Crippen LogP contribution in [0.25, 0.3) is 0 Å². The van der Waals surface area contributed by atoms with Gasteiger partial charge in [0.2, 0.25) is 0 Å². The maximum absolute atomic E-state index is 11.1. The number of carbonyl (C=O) groups is 1. The fraction of sp³-hybridized carbons (Fsp3) is 0.471. The van der Waals surface area contributed by atoms with E-state index in [0.717, 1.165) is 25.0 Å². The molecule has 0 N–H and O–H groups in total. The molecule has 3 nitrogen and oxygen atoms in total. The molecular formula is C17H24O3. The summed E-state index contributed by atoms with van der Waals surface area (Å²) in [6.45, 7) is 5.48. The van der Waals surface area contributed by atoms with E-state index in [0.29, 0.717) is 12.5 Å². The normalized spacial score (nSPS) is 13.1. The monoisotopic (exact) mass is 276 g/mol. The first-order chi connectivity index (χ1) is 9.63. The van der Waals surface area contributed by atoms with Gasteiger partial charge in [0.15, 0.2) is 0 Å². The van der Waals surface area contributed by atoms with Crippen molar-refractivity contribution in [3.05, 3.63) is 47.5 Å². The third-order valence-corrected chi connectivity index (χ3v) is 3.36. The number of methoxy groups -OCH3 is 1. The van der Waals surface area contributed by atoms with Crippen LogP contribution in [0.15, 0.2) is 42.0 Å². The molecule has 0 amide bonds. The highest BCUT2D eigenvalue weighted by molar-refractivity contribution is 5.82. The number of rotatable bonds is 8. The molecule has 0 spiro atoms. The van der Waals surface area contributed by atoms with Gasteiger partial charge in [0.25, 0.3) is 0 Å². The zero-order chi connectivity index (χ0) is 14.8. The van der Waals surface area contributed by atoms with E-state index in [-0.39, 0.29) is 5.97 Å². The first-order valence-electron chi connectivity index (χ1n) is 7.01. The van der Waals surface area contributed by atoms with Gasteiger partial charge in [-0.1, -0.05) is 42.8 Å². The first-order valence-corrected chi connectivity index (χ1v) is 7.01. The summed E-state index contributed by atoms with van der Waals surface area (Å²) < 4.78 is 10.3. The number of hydrogen-bond acceptors (Lipinski definition) is 3. The fourth-order valence-corrected chi connectivity index (χ4v) is 1.87. The molecule has 0 radical (unpaired) electrons. The molecule has 1 atom stereocenters. The molecule has 0 aliphatic heterocycles. The van der Waals surface area contributed by atoms with E-state index < -0.39 is 0 Å². The highest BCUT2D eigenvalue weighted by atomic mass is 16.5. The van der Waals surface area contributed by atoms with Gasteiger partial charge < -0.3 is 9.47 Å². The molecule has 0 bridgehead atoms. The van der Waals surface area contributed by atoms with Crippen LogP contribution in [0.4, 0.5) is 0 Å². The van der Waals surface area contributed by atoms with E-state index in [9.17, 15) is 4.79 Å². The summed E-state index contributed by atoms with van der Waals surface area (Å²) >= 11 is 0. The smallest absolute Gasteiger partial charge is 0.330 e. The average Bonchev–Trinajstić information content (AvgIpc) is 2.47. The molecule has 0 saturated heterocycles. The summed E-state index contributed by atoms with van der Waals surface area (Å²) in [4.78, 5) is 11.1. The second-order valence-corrected chi connectivity index (χ2v) is 4.99. The van der Waals surface area contributed by atoms with Gasteiger partial charge in [-0.05, 0) is 31.2 Å². The number of carbonyl (C=O) groups excluding carboxylic acids is 1. The molecule has 0 heterocycles. The SMILES string of the molecule is COC(=O)/C=C(\C)C(C)CCCOCc1ccccc1. The molecule has 0 aromatic heterocycles. The predicted octanol–water partition coefficient (Wildman–Crippen LogP) is 3.74. The second kappa shape index (κ2) is 9.32. The van der Waals surface area contributed by atoms with Gasteiger partial charge in [0.1, 0.15) is 0 Å². The van der Waals surface area contributed by atoms with E-state index in [1.54, 1.807) is 6.08 Å². The van der Waals surface area contributed by atoms with E-state index in [1.807, 2.05) is 25.1 Å². The lowest BCUT2D eigenvalue weighted by Crippen LogP contribution is -2.04. The van der Waals surface area contributed by atoms with Crippen molar-refractivity contribution in [2.75, 3.05) is 13.7 Å². The predicted molar refractivity (Wildman–Crippen MR) is 80.3 cm³/mol. The Bertz CT molecular complexity index is 423. The highest BCUT2D eigenvalue weighted by Gasteiger charge is 2.06. The molecule has 1 rings (SSSR count). The summed E-state index contributed by atoms with van der Waals surface area (Å²) in [5.74, 6) is 0.0871. The Morgan fingerprint density at radius 2 is 2.00 bits per heavy atom. The van der Waals surface area contributed by atoms with Gasteiger partial charge in [0, 0.05) is 12.7 Å². The lowest BCUT2D eigenvalue weighted by Gasteiger charge is -2.12. The van der Waals surface area contributed by atoms with E-state index >= 15 is 0 Å².